The van der Waals surface area contributed by atoms with E-state index in [4.69, 9.17) is 17.5 Å². The van der Waals surface area contributed by atoms with Crippen molar-refractivity contribution >= 4 is 10.4 Å². The molecule has 0 amide bonds. The number of hydrogen-bond donors (Lipinski definition) is 2. The van der Waals surface area contributed by atoms with Crippen molar-refractivity contribution in [3.63, 3.8) is 0 Å². The van der Waals surface area contributed by atoms with Gasteiger partial charge in [0.2, 0.25) is 0 Å². The molecule has 0 radical (unpaired) electrons. The largest absolute Gasteiger partial charge is 1.00 e. The van der Waals surface area contributed by atoms with Gasteiger partial charge in [-0.1, -0.05) is 0 Å². The first-order valence-electron chi connectivity index (χ1n) is 0.698. The smallest absolute Gasteiger partial charge is 1.00 e. The zero-order valence-corrected chi connectivity index (χ0v) is 9.94. The van der Waals surface area contributed by atoms with Gasteiger partial charge in [0.25, 0.3) is 0 Å². The van der Waals surface area contributed by atoms with E-state index in [-0.39, 0.29) is 74.8 Å². The zero-order valence-electron chi connectivity index (χ0n) is 8.12. The van der Waals surface area contributed by atoms with Crippen molar-refractivity contribution in [2.75, 3.05) is 0 Å². The van der Waals surface area contributed by atoms with Crippen molar-refractivity contribution in [1.29, 1.82) is 0 Å². The van der Waals surface area contributed by atoms with Crippen molar-refractivity contribution in [2.45, 2.75) is 0 Å². The fourth-order valence-corrected chi connectivity index (χ4v) is 0. The molecule has 12 nitrogen and oxygen atoms in total. The van der Waals surface area contributed by atoms with Crippen molar-refractivity contribution in [3.8, 4) is 0 Å². The summed E-state index contributed by atoms with van der Waals surface area (Å²) < 4.78 is 31.6. The molecule has 0 spiro atoms. The molecular weight excluding hydrogens is 247 g/mol. The third-order valence-electron chi connectivity index (χ3n) is 0. The van der Waals surface area contributed by atoms with Crippen LogP contribution in [-0.2, 0) is 10.4 Å². The first-order valence-corrected chi connectivity index (χ1v) is 2.10. The second-order valence-corrected chi connectivity index (χ2v) is 1.34. The van der Waals surface area contributed by atoms with Crippen LogP contribution in [0.15, 0.2) is 0 Å². The van der Waals surface area contributed by atoms with Crippen molar-refractivity contribution in [1.82, 2.24) is 0 Å². The van der Waals surface area contributed by atoms with Gasteiger partial charge in [0.05, 0.1) is 0 Å². The molecule has 18 N–H and O–H groups in total. The summed E-state index contributed by atoms with van der Waals surface area (Å²) in [5.74, 6) is 0. The normalized spacial score (nSPS) is 4.14. The minimum absolute atomic E-state index is 0. The van der Waals surface area contributed by atoms with E-state index >= 15 is 0 Å². The summed E-state index contributed by atoms with van der Waals surface area (Å²) in [5, 5.41) is 0. The molecule has 0 heterocycles. The van der Waals surface area contributed by atoms with E-state index in [1.54, 1.807) is 0 Å². The molecule has 0 saturated carbocycles. The van der Waals surface area contributed by atoms with Gasteiger partial charge < -0.3 is 45.2 Å². The summed E-state index contributed by atoms with van der Waals surface area (Å²) in [4.78, 5) is 0. The van der Waals surface area contributed by atoms with Gasteiger partial charge in [0, 0.05) is 0 Å². The molecule has 0 bridgehead atoms. The standard InChI is InChI=1S/Na.H2O4S.8H2O.H/c;1-5(2,3)4;;;;;;;;;/h;(H2,1,2,3,4);8*1H2;/q+1;;;;;;;;;;-1. The Morgan fingerprint density at radius 3 is 0.643 bits per heavy atom. The quantitative estimate of drug-likeness (QED) is 0.318. The number of hydrogen-bond acceptors (Lipinski definition) is 2. The first-order chi connectivity index (χ1) is 2.00. The average molecular weight is 266 g/mol. The van der Waals surface area contributed by atoms with Crippen LogP contribution in [0.3, 0.4) is 0 Å². The van der Waals surface area contributed by atoms with Gasteiger partial charge in [-0.2, -0.15) is 8.42 Å². The average Bonchev–Trinajstić information content (AvgIpc) is 0.722. The summed E-state index contributed by atoms with van der Waals surface area (Å²) in [6.07, 6.45) is 0. The molecular formula is H19NaO12S. The molecule has 14 heavy (non-hydrogen) atoms. The molecule has 0 aliphatic rings. The fourth-order valence-electron chi connectivity index (χ4n) is 0. The summed E-state index contributed by atoms with van der Waals surface area (Å²) in [7, 11) is -4.67. The topological polar surface area (TPSA) is 327 Å². The van der Waals surface area contributed by atoms with Gasteiger partial charge in [0.1, 0.15) is 0 Å². The Bertz CT molecular complexity index is 98.8. The monoisotopic (exact) mass is 266 g/mol. The predicted octanol–water partition coefficient (Wildman–Crippen LogP) is -10.1. The van der Waals surface area contributed by atoms with E-state index < -0.39 is 10.4 Å². The molecule has 0 aliphatic carbocycles. The molecule has 0 unspecified atom stereocenters. The molecule has 0 atom stereocenters. The second-order valence-electron chi connectivity index (χ2n) is 0.448. The van der Waals surface area contributed by atoms with Gasteiger partial charge in [-0.3, -0.25) is 9.11 Å². The van der Waals surface area contributed by atoms with Crippen LogP contribution in [0.1, 0.15) is 1.43 Å². The Morgan fingerprint density at radius 2 is 0.643 bits per heavy atom. The molecule has 0 saturated heterocycles. The minimum atomic E-state index is -4.67. The van der Waals surface area contributed by atoms with Gasteiger partial charge >= 0.3 is 40.0 Å². The molecule has 0 aromatic rings. The van der Waals surface area contributed by atoms with E-state index in [1.165, 1.54) is 0 Å². The van der Waals surface area contributed by atoms with Crippen LogP contribution in [0.5, 0.6) is 0 Å². The number of rotatable bonds is 0. The first kappa shape index (κ1) is 129. The third kappa shape index (κ3) is 5530. The summed E-state index contributed by atoms with van der Waals surface area (Å²) in [6, 6.07) is 0. The Balaban J connectivity index is -0.00000000178. The third-order valence-corrected chi connectivity index (χ3v) is 0. The summed E-state index contributed by atoms with van der Waals surface area (Å²) >= 11 is 0. The fraction of sp³-hybridized carbons (Fsp3) is 0. The van der Waals surface area contributed by atoms with Crippen LogP contribution >= 0.6 is 0 Å². The molecule has 0 fully saturated rings. The molecule has 0 aromatic carbocycles. The maximum Gasteiger partial charge on any atom is 1.00 e. The molecule has 0 rings (SSSR count). The van der Waals surface area contributed by atoms with Crippen molar-refractivity contribution in [3.05, 3.63) is 0 Å². The van der Waals surface area contributed by atoms with Crippen LogP contribution in [-0.4, -0.2) is 61.3 Å². The maximum atomic E-state index is 8.74. The van der Waals surface area contributed by atoms with E-state index in [0.717, 1.165) is 0 Å². The predicted molar refractivity (Wildman–Crippen MR) is 44.2 cm³/mol. The van der Waals surface area contributed by atoms with E-state index in [0.29, 0.717) is 0 Å². The van der Waals surface area contributed by atoms with E-state index in [9.17, 15) is 0 Å². The molecule has 0 aromatic heterocycles. The van der Waals surface area contributed by atoms with Gasteiger partial charge in [-0.15, -0.1) is 0 Å². The van der Waals surface area contributed by atoms with Crippen molar-refractivity contribution in [2.24, 2.45) is 0 Å². The molecule has 0 aliphatic heterocycles. The van der Waals surface area contributed by atoms with E-state index in [1.807, 2.05) is 0 Å². The Labute approximate surface area is 103 Å². The van der Waals surface area contributed by atoms with Gasteiger partial charge in [-0.25, -0.2) is 0 Å². The van der Waals surface area contributed by atoms with Crippen LogP contribution < -0.4 is 29.6 Å². The van der Waals surface area contributed by atoms with Crippen molar-refractivity contribution < 1.29 is 92.3 Å². The van der Waals surface area contributed by atoms with Crippen LogP contribution in [0, 0.1) is 0 Å². The SMILES string of the molecule is O.O.O.O.O.O.O.O.O=S(=O)(O)O.[H-].[Na+]. The Kier molecular flexibility index (Phi) is 458. The molecule has 98 valence electrons. The van der Waals surface area contributed by atoms with Crippen LogP contribution in [0.25, 0.3) is 0 Å². The maximum absolute atomic E-state index is 8.74. The van der Waals surface area contributed by atoms with Crippen LogP contribution in [0.4, 0.5) is 0 Å². The Hall–Kier alpha value is 0.550. The Morgan fingerprint density at radius 1 is 0.643 bits per heavy atom. The summed E-state index contributed by atoms with van der Waals surface area (Å²) in [5.41, 5.74) is 0. The summed E-state index contributed by atoms with van der Waals surface area (Å²) in [6.45, 7) is 0. The second kappa shape index (κ2) is 49.7. The molecule has 14 heteroatoms. The van der Waals surface area contributed by atoms with Crippen LogP contribution in [0.2, 0.25) is 0 Å². The minimum Gasteiger partial charge on any atom is -1.00 e. The zero-order chi connectivity index (χ0) is 4.50. The van der Waals surface area contributed by atoms with Gasteiger partial charge in [-0.05, 0) is 0 Å². The van der Waals surface area contributed by atoms with Gasteiger partial charge in [0.15, 0.2) is 0 Å². The van der Waals surface area contributed by atoms with E-state index in [2.05, 4.69) is 0 Å².